The van der Waals surface area contributed by atoms with Crippen LogP contribution in [0.1, 0.15) is 16.8 Å². The summed E-state index contributed by atoms with van der Waals surface area (Å²) in [6.45, 7) is 1.92. The molecule has 0 amide bonds. The number of carbonyl (C=O) groups is 1. The van der Waals surface area contributed by atoms with Gasteiger partial charge in [0.1, 0.15) is 0 Å². The molecule has 0 N–H and O–H groups in total. The van der Waals surface area contributed by atoms with E-state index in [-0.39, 0.29) is 5.97 Å². The summed E-state index contributed by atoms with van der Waals surface area (Å²) < 4.78 is 10.4. The van der Waals surface area contributed by atoms with Crippen molar-refractivity contribution in [2.24, 2.45) is 5.92 Å². The monoisotopic (exact) mass is 238 g/mol. The van der Waals surface area contributed by atoms with Gasteiger partial charge in [-0.15, -0.1) is 12.6 Å². The van der Waals surface area contributed by atoms with Gasteiger partial charge >= 0.3 is 5.97 Å². The third-order valence-corrected chi connectivity index (χ3v) is 2.88. The third-order valence-electron chi connectivity index (χ3n) is 2.58. The van der Waals surface area contributed by atoms with Crippen LogP contribution in [0.2, 0.25) is 0 Å². The van der Waals surface area contributed by atoms with Crippen molar-refractivity contribution in [2.45, 2.75) is 11.3 Å². The second-order valence-electron chi connectivity index (χ2n) is 3.87. The van der Waals surface area contributed by atoms with Gasteiger partial charge in [-0.05, 0) is 30.7 Å². The van der Waals surface area contributed by atoms with Gasteiger partial charge in [-0.2, -0.15) is 0 Å². The van der Waals surface area contributed by atoms with E-state index in [1.54, 1.807) is 24.3 Å². The van der Waals surface area contributed by atoms with E-state index in [1.165, 1.54) is 0 Å². The highest BCUT2D eigenvalue weighted by atomic mass is 32.1. The van der Waals surface area contributed by atoms with Crippen LogP contribution >= 0.6 is 12.6 Å². The van der Waals surface area contributed by atoms with E-state index in [2.05, 4.69) is 12.6 Å². The lowest BCUT2D eigenvalue weighted by atomic mass is 10.1. The zero-order valence-electron chi connectivity index (χ0n) is 8.89. The normalized spacial score (nSPS) is 19.7. The minimum absolute atomic E-state index is 0.278. The highest BCUT2D eigenvalue weighted by molar-refractivity contribution is 7.80. The van der Waals surface area contributed by atoms with Crippen LogP contribution in [-0.4, -0.2) is 25.8 Å². The lowest BCUT2D eigenvalue weighted by Gasteiger charge is -2.08. The predicted octanol–water partition coefficient (Wildman–Crippen LogP) is 2.17. The molecule has 4 heteroatoms. The lowest BCUT2D eigenvalue weighted by Crippen LogP contribution is -2.14. The van der Waals surface area contributed by atoms with Crippen molar-refractivity contribution in [3.8, 4) is 0 Å². The highest BCUT2D eigenvalue weighted by Crippen LogP contribution is 2.14. The molecule has 1 heterocycles. The largest absolute Gasteiger partial charge is 0.462 e. The molecule has 2 rings (SSSR count). The summed E-state index contributed by atoms with van der Waals surface area (Å²) >= 11 is 4.15. The van der Waals surface area contributed by atoms with Gasteiger partial charge in [0.15, 0.2) is 0 Å². The molecule has 16 heavy (non-hydrogen) atoms. The van der Waals surface area contributed by atoms with Crippen LogP contribution in [0, 0.1) is 5.92 Å². The van der Waals surface area contributed by atoms with E-state index in [1.807, 2.05) is 0 Å². The van der Waals surface area contributed by atoms with Crippen LogP contribution in [0.4, 0.5) is 0 Å². The van der Waals surface area contributed by atoms with Gasteiger partial charge in [-0.3, -0.25) is 0 Å². The molecule has 0 aromatic heterocycles. The molecule has 86 valence electrons. The number of ether oxygens (including phenoxy) is 2. The van der Waals surface area contributed by atoms with Crippen molar-refractivity contribution < 1.29 is 14.3 Å². The molecule has 1 aliphatic rings. The van der Waals surface area contributed by atoms with Crippen LogP contribution in [0.25, 0.3) is 0 Å². The van der Waals surface area contributed by atoms with Crippen molar-refractivity contribution in [1.82, 2.24) is 0 Å². The molecule has 0 saturated carbocycles. The average molecular weight is 238 g/mol. The van der Waals surface area contributed by atoms with Gasteiger partial charge in [0.05, 0.1) is 18.8 Å². The van der Waals surface area contributed by atoms with Crippen LogP contribution in [-0.2, 0) is 9.47 Å². The van der Waals surface area contributed by atoms with Gasteiger partial charge in [0.2, 0.25) is 0 Å². The van der Waals surface area contributed by atoms with E-state index in [0.717, 1.165) is 17.9 Å². The SMILES string of the molecule is O=C(OCC1CCOC1)c1ccc(S)cc1. The van der Waals surface area contributed by atoms with Crippen molar-refractivity contribution in [1.29, 1.82) is 0 Å². The lowest BCUT2D eigenvalue weighted by molar-refractivity contribution is 0.0428. The number of hydrogen-bond acceptors (Lipinski definition) is 4. The summed E-state index contributed by atoms with van der Waals surface area (Å²) in [4.78, 5) is 12.5. The Bertz CT molecular complexity index is 355. The molecule has 3 nitrogen and oxygen atoms in total. The molecule has 0 radical (unpaired) electrons. The molecule has 0 bridgehead atoms. The molecule has 1 aromatic carbocycles. The Balaban J connectivity index is 1.85. The second-order valence-corrected chi connectivity index (χ2v) is 4.39. The molecule has 1 saturated heterocycles. The third kappa shape index (κ3) is 3.00. The summed E-state index contributed by atoms with van der Waals surface area (Å²) in [7, 11) is 0. The number of carbonyl (C=O) groups excluding carboxylic acids is 1. The maximum atomic E-state index is 11.6. The van der Waals surface area contributed by atoms with E-state index in [9.17, 15) is 4.79 Å². The Labute approximate surface area is 100 Å². The average Bonchev–Trinajstić information content (AvgIpc) is 2.80. The Hall–Kier alpha value is -1.00. The molecule has 1 aliphatic heterocycles. The molecule has 1 atom stereocenters. The summed E-state index contributed by atoms with van der Waals surface area (Å²) in [5.74, 6) is 0.0772. The minimum Gasteiger partial charge on any atom is -0.462 e. The molecule has 0 spiro atoms. The zero-order valence-corrected chi connectivity index (χ0v) is 9.78. The fourth-order valence-corrected chi connectivity index (χ4v) is 1.74. The number of benzene rings is 1. The van der Waals surface area contributed by atoms with E-state index >= 15 is 0 Å². The molecule has 0 aliphatic carbocycles. The molecule has 1 aromatic rings. The predicted molar refractivity (Wildman–Crippen MR) is 62.9 cm³/mol. The summed E-state index contributed by atoms with van der Waals surface area (Å²) in [6.07, 6.45) is 0.975. The Kier molecular flexibility index (Phi) is 3.85. The molecular formula is C12H14O3S. The fraction of sp³-hybridized carbons (Fsp3) is 0.417. The first-order valence-corrected chi connectivity index (χ1v) is 5.74. The van der Waals surface area contributed by atoms with Gasteiger partial charge in [-0.25, -0.2) is 4.79 Å². The smallest absolute Gasteiger partial charge is 0.338 e. The molecule has 1 fully saturated rings. The van der Waals surface area contributed by atoms with Crippen molar-refractivity contribution >= 4 is 18.6 Å². The quantitative estimate of drug-likeness (QED) is 0.647. The van der Waals surface area contributed by atoms with E-state index in [4.69, 9.17) is 9.47 Å². The van der Waals surface area contributed by atoms with Crippen LogP contribution in [0.15, 0.2) is 29.2 Å². The van der Waals surface area contributed by atoms with Gasteiger partial charge < -0.3 is 9.47 Å². The second kappa shape index (κ2) is 5.37. The van der Waals surface area contributed by atoms with E-state index in [0.29, 0.717) is 24.7 Å². The standard InChI is InChI=1S/C12H14O3S/c13-12(10-1-3-11(16)4-2-10)15-8-9-5-6-14-7-9/h1-4,9,16H,5-8H2. The van der Waals surface area contributed by atoms with Crippen molar-refractivity contribution in [3.05, 3.63) is 29.8 Å². The minimum atomic E-state index is -0.278. The maximum Gasteiger partial charge on any atom is 0.338 e. The number of hydrogen-bond donors (Lipinski definition) is 1. The topological polar surface area (TPSA) is 35.5 Å². The van der Waals surface area contributed by atoms with E-state index < -0.39 is 0 Å². The van der Waals surface area contributed by atoms with Gasteiger partial charge in [0.25, 0.3) is 0 Å². The first-order valence-electron chi connectivity index (χ1n) is 5.29. The highest BCUT2D eigenvalue weighted by Gasteiger charge is 2.18. The van der Waals surface area contributed by atoms with Crippen LogP contribution < -0.4 is 0 Å². The Morgan fingerprint density at radius 3 is 2.81 bits per heavy atom. The number of thiol groups is 1. The summed E-state index contributed by atoms with van der Waals surface area (Å²) in [5, 5.41) is 0. The van der Waals surface area contributed by atoms with Gasteiger partial charge in [0, 0.05) is 17.4 Å². The summed E-state index contributed by atoms with van der Waals surface area (Å²) in [6, 6.07) is 6.99. The molecule has 1 unspecified atom stereocenters. The summed E-state index contributed by atoms with van der Waals surface area (Å²) in [5.41, 5.74) is 0.566. The molecular weight excluding hydrogens is 224 g/mol. The Morgan fingerprint density at radius 2 is 2.19 bits per heavy atom. The Morgan fingerprint density at radius 1 is 1.44 bits per heavy atom. The van der Waals surface area contributed by atoms with Crippen molar-refractivity contribution in [2.75, 3.05) is 19.8 Å². The number of rotatable bonds is 3. The van der Waals surface area contributed by atoms with Crippen LogP contribution in [0.3, 0.4) is 0 Å². The first kappa shape index (κ1) is 11.5. The van der Waals surface area contributed by atoms with Crippen LogP contribution in [0.5, 0.6) is 0 Å². The van der Waals surface area contributed by atoms with Gasteiger partial charge in [-0.1, -0.05) is 0 Å². The fourth-order valence-electron chi connectivity index (χ4n) is 1.59. The maximum absolute atomic E-state index is 11.6. The number of esters is 1. The first-order chi connectivity index (χ1) is 7.75. The van der Waals surface area contributed by atoms with Crippen molar-refractivity contribution in [3.63, 3.8) is 0 Å². The zero-order chi connectivity index (χ0) is 11.4.